The second-order valence-corrected chi connectivity index (χ2v) is 12.5. The number of aromatic nitrogens is 1. The maximum atomic E-state index is 13.6. The molecule has 1 aromatic heterocycles. The molecule has 12 heteroatoms. The van der Waals surface area contributed by atoms with Crippen LogP contribution in [0.5, 0.6) is 5.75 Å². The summed E-state index contributed by atoms with van der Waals surface area (Å²) in [6, 6.07) is 8.05. The number of carbonyl (C=O) groups is 1. The van der Waals surface area contributed by atoms with E-state index in [1.54, 1.807) is 17.4 Å². The summed E-state index contributed by atoms with van der Waals surface area (Å²) in [6.45, 7) is 1.97. The monoisotopic (exact) mass is 630 g/mol. The smallest absolute Gasteiger partial charge is 0.227 e. The molecule has 6 nitrogen and oxygen atoms in total. The fraction of sp³-hybridized carbons (Fsp3) is 0.407. The molecule has 2 aliphatic rings. The minimum Gasteiger partial charge on any atom is -0.485 e. The molecule has 2 atom stereocenters. The van der Waals surface area contributed by atoms with Crippen molar-refractivity contribution in [2.75, 3.05) is 24.5 Å². The van der Waals surface area contributed by atoms with Gasteiger partial charge in [0.15, 0.2) is 10.9 Å². The summed E-state index contributed by atoms with van der Waals surface area (Å²) >= 11 is 26.4. The molecule has 208 valence electrons. The van der Waals surface area contributed by atoms with Crippen LogP contribution in [0, 0.1) is 11.7 Å². The summed E-state index contributed by atoms with van der Waals surface area (Å²) < 4.78 is 19.5. The Morgan fingerprint density at radius 2 is 1.92 bits per heavy atom. The van der Waals surface area contributed by atoms with Crippen molar-refractivity contribution in [3.05, 3.63) is 72.9 Å². The average Bonchev–Trinajstić information content (AvgIpc) is 3.44. The predicted octanol–water partition coefficient (Wildman–Crippen LogP) is 6.86. The number of nitrogens with two attached hydrogens (primary N) is 1. The van der Waals surface area contributed by atoms with E-state index < -0.39 is 5.82 Å². The number of halogens is 5. The zero-order valence-electron chi connectivity index (χ0n) is 20.9. The number of benzene rings is 2. The van der Waals surface area contributed by atoms with Crippen LogP contribution >= 0.6 is 57.7 Å². The van der Waals surface area contributed by atoms with Crippen molar-refractivity contribution < 1.29 is 13.9 Å². The van der Waals surface area contributed by atoms with E-state index in [0.717, 1.165) is 41.4 Å². The van der Waals surface area contributed by atoms with Crippen LogP contribution in [0.4, 0.5) is 9.52 Å². The second kappa shape index (κ2) is 12.4. The lowest BCUT2D eigenvalue weighted by atomic mass is 10.0. The summed E-state index contributed by atoms with van der Waals surface area (Å²) in [5, 5.41) is 2.09. The van der Waals surface area contributed by atoms with Crippen molar-refractivity contribution in [3.8, 4) is 5.75 Å². The van der Waals surface area contributed by atoms with E-state index in [0.29, 0.717) is 29.6 Å². The zero-order chi connectivity index (χ0) is 27.7. The lowest BCUT2D eigenvalue weighted by Gasteiger charge is -2.27. The minimum atomic E-state index is -0.511. The Morgan fingerprint density at radius 1 is 1.18 bits per heavy atom. The molecule has 0 spiro atoms. The largest absolute Gasteiger partial charge is 0.485 e. The maximum Gasteiger partial charge on any atom is 0.227 e. The lowest BCUT2D eigenvalue weighted by Crippen LogP contribution is -2.41. The van der Waals surface area contributed by atoms with Crippen molar-refractivity contribution in [3.63, 3.8) is 0 Å². The SMILES string of the molecule is NC[C@H](Cc1cnc(N2CC[C@@H](Oc3c(Cl)cc(F)cc3Cl)C2)s1)C(=O)N(Cc1cccc(Cl)c1Cl)C1CC1. The molecule has 39 heavy (non-hydrogen) atoms. The molecule has 1 amide bonds. The molecule has 0 unspecified atom stereocenters. The highest BCUT2D eigenvalue weighted by atomic mass is 35.5. The van der Waals surface area contributed by atoms with Gasteiger partial charge in [-0.1, -0.05) is 58.5 Å². The first kappa shape index (κ1) is 28.7. The molecule has 1 aliphatic heterocycles. The fourth-order valence-electron chi connectivity index (χ4n) is 4.72. The molecular weight excluding hydrogens is 605 g/mol. The number of ether oxygens (including phenoxy) is 1. The number of hydrogen-bond donors (Lipinski definition) is 1. The number of anilines is 1. The number of thiazole rings is 1. The second-order valence-electron chi connectivity index (χ2n) is 9.83. The average molecular weight is 632 g/mol. The van der Waals surface area contributed by atoms with Gasteiger partial charge in [0.1, 0.15) is 11.9 Å². The first-order chi connectivity index (χ1) is 18.7. The molecule has 2 aromatic carbocycles. The minimum absolute atomic E-state index is 0.0219. The van der Waals surface area contributed by atoms with Crippen molar-refractivity contribution in [1.29, 1.82) is 0 Å². The van der Waals surface area contributed by atoms with Crippen LogP contribution in [0.15, 0.2) is 36.5 Å². The van der Waals surface area contributed by atoms with Gasteiger partial charge < -0.3 is 20.3 Å². The van der Waals surface area contributed by atoms with Gasteiger partial charge in [-0.3, -0.25) is 4.79 Å². The number of rotatable bonds is 10. The van der Waals surface area contributed by atoms with E-state index in [-0.39, 0.29) is 46.3 Å². The molecule has 1 saturated heterocycles. The van der Waals surface area contributed by atoms with E-state index >= 15 is 0 Å². The predicted molar refractivity (Wildman–Crippen MR) is 156 cm³/mol. The first-order valence-corrected chi connectivity index (χ1v) is 15.0. The molecule has 5 rings (SSSR count). The molecular formula is C27H27Cl4FN4O2S. The van der Waals surface area contributed by atoms with Gasteiger partial charge in [-0.05, 0) is 43.0 Å². The van der Waals surface area contributed by atoms with Crippen LogP contribution in [0.2, 0.25) is 20.1 Å². The fourth-order valence-corrected chi connectivity index (χ4v) is 6.67. The van der Waals surface area contributed by atoms with E-state index in [4.69, 9.17) is 56.9 Å². The van der Waals surface area contributed by atoms with E-state index in [1.165, 1.54) is 12.1 Å². The number of amides is 1. The summed E-state index contributed by atoms with van der Waals surface area (Å²) in [7, 11) is 0. The van der Waals surface area contributed by atoms with Crippen LogP contribution in [-0.2, 0) is 17.8 Å². The molecule has 2 fully saturated rings. The molecule has 3 aromatic rings. The third kappa shape index (κ3) is 6.75. The highest BCUT2D eigenvalue weighted by Crippen LogP contribution is 2.37. The normalized spacial score (nSPS) is 17.9. The first-order valence-electron chi connectivity index (χ1n) is 12.7. The lowest BCUT2D eigenvalue weighted by molar-refractivity contribution is -0.136. The van der Waals surface area contributed by atoms with E-state index in [2.05, 4.69) is 9.88 Å². The van der Waals surface area contributed by atoms with Gasteiger partial charge in [0, 0.05) is 43.2 Å². The molecule has 2 heterocycles. The van der Waals surface area contributed by atoms with Crippen LogP contribution in [0.1, 0.15) is 29.7 Å². The number of carbonyl (C=O) groups excluding carboxylic acids is 1. The standard InChI is InChI=1S/C27H27Cl4FN4O2S/c28-21-3-1-2-15(24(21)31)13-36(18-4-5-18)26(37)16(11-33)8-20-12-34-27(39-20)35-7-6-19(14-35)38-25-22(29)9-17(32)10-23(25)30/h1-3,9-10,12,16,18-19H,4-8,11,13-14,33H2/t16-,19+/m0/s1. The Morgan fingerprint density at radius 3 is 2.62 bits per heavy atom. The molecule has 1 saturated carbocycles. The van der Waals surface area contributed by atoms with Gasteiger partial charge in [-0.2, -0.15) is 0 Å². The summed E-state index contributed by atoms with van der Waals surface area (Å²) in [5.41, 5.74) is 6.93. The zero-order valence-corrected chi connectivity index (χ0v) is 24.7. The molecule has 0 bridgehead atoms. The van der Waals surface area contributed by atoms with Crippen LogP contribution < -0.4 is 15.4 Å². The van der Waals surface area contributed by atoms with Crippen molar-refractivity contribution in [2.24, 2.45) is 11.7 Å². The van der Waals surface area contributed by atoms with Gasteiger partial charge in [-0.25, -0.2) is 9.37 Å². The topological polar surface area (TPSA) is 71.7 Å². The third-order valence-electron chi connectivity index (χ3n) is 6.93. The van der Waals surface area contributed by atoms with E-state index in [9.17, 15) is 9.18 Å². The molecule has 2 N–H and O–H groups in total. The van der Waals surface area contributed by atoms with Gasteiger partial charge in [0.05, 0.1) is 32.6 Å². The number of hydrogen-bond acceptors (Lipinski definition) is 6. The highest BCUT2D eigenvalue weighted by molar-refractivity contribution is 7.15. The summed E-state index contributed by atoms with van der Waals surface area (Å²) in [5.74, 6) is -0.568. The van der Waals surface area contributed by atoms with Crippen molar-refractivity contribution in [2.45, 2.75) is 44.4 Å². The molecule has 0 radical (unpaired) electrons. The van der Waals surface area contributed by atoms with Crippen LogP contribution in [0.3, 0.4) is 0 Å². The third-order valence-corrected chi connectivity index (χ3v) is 9.43. The van der Waals surface area contributed by atoms with Crippen LogP contribution in [-0.4, -0.2) is 47.6 Å². The number of nitrogens with zero attached hydrogens (tertiary/aromatic N) is 3. The Bertz CT molecular complexity index is 1330. The maximum absolute atomic E-state index is 13.6. The van der Waals surface area contributed by atoms with Gasteiger partial charge in [0.2, 0.25) is 5.91 Å². The summed E-state index contributed by atoms with van der Waals surface area (Å²) in [4.78, 5) is 23.2. The Kier molecular flexibility index (Phi) is 9.11. The van der Waals surface area contributed by atoms with Crippen molar-refractivity contribution >= 4 is 68.8 Å². The Hall–Kier alpha value is -1.81. The quantitative estimate of drug-likeness (QED) is 0.265. The van der Waals surface area contributed by atoms with Gasteiger partial charge >= 0.3 is 0 Å². The van der Waals surface area contributed by atoms with Crippen LogP contribution in [0.25, 0.3) is 0 Å². The van der Waals surface area contributed by atoms with Crippen molar-refractivity contribution in [1.82, 2.24) is 9.88 Å². The molecule has 1 aliphatic carbocycles. The highest BCUT2D eigenvalue weighted by Gasteiger charge is 2.36. The Labute approximate surface area is 250 Å². The Balaban J connectivity index is 1.22. The van der Waals surface area contributed by atoms with Gasteiger partial charge in [-0.15, -0.1) is 11.3 Å². The summed E-state index contributed by atoms with van der Waals surface area (Å²) in [6.07, 6.45) is 4.84. The van der Waals surface area contributed by atoms with E-state index in [1.807, 2.05) is 23.2 Å². The van der Waals surface area contributed by atoms with Gasteiger partial charge in [0.25, 0.3) is 0 Å².